The summed E-state index contributed by atoms with van der Waals surface area (Å²) in [7, 11) is 1.61. The number of piperidine rings is 1. The van der Waals surface area contributed by atoms with E-state index in [1.54, 1.807) is 54.7 Å². The predicted octanol–water partition coefficient (Wildman–Crippen LogP) is 7.18. The number of halogens is 3. The summed E-state index contributed by atoms with van der Waals surface area (Å²) >= 11 is 0. The maximum Gasteiger partial charge on any atom is 0.433 e. The highest BCUT2D eigenvalue weighted by Crippen LogP contribution is 2.41. The number of pyridine rings is 2. The van der Waals surface area contributed by atoms with Crippen molar-refractivity contribution in [1.82, 2.24) is 29.0 Å². The van der Waals surface area contributed by atoms with Gasteiger partial charge in [-0.2, -0.15) is 13.2 Å². The number of amides is 4. The number of nitrogens with one attached hydrogen (secondary N) is 2. The molecule has 0 saturated carbocycles. The van der Waals surface area contributed by atoms with Crippen LogP contribution >= 0.6 is 0 Å². The molecule has 4 amide bonds. The lowest BCUT2D eigenvalue weighted by atomic mass is 9.90. The number of aromatic nitrogens is 5. The number of benzene rings is 2. The molecule has 2 fully saturated rings. The first-order valence-electron chi connectivity index (χ1n) is 25.7. The Morgan fingerprint density at radius 2 is 1.62 bits per heavy atom. The molecule has 1 unspecified atom stereocenters. The van der Waals surface area contributed by atoms with Crippen LogP contribution in [0.15, 0.2) is 96.7 Å². The summed E-state index contributed by atoms with van der Waals surface area (Å²) < 4.78 is 43.8. The van der Waals surface area contributed by atoms with Crippen LogP contribution in [0.1, 0.15) is 87.3 Å². The fourth-order valence-electron chi connectivity index (χ4n) is 11.9. The lowest BCUT2D eigenvalue weighted by molar-refractivity contribution is -0.141. The molecule has 0 radical (unpaired) electrons. The Hall–Kier alpha value is -8.17. The van der Waals surface area contributed by atoms with Crippen molar-refractivity contribution in [2.45, 2.75) is 77.9 Å². The fraction of sp³-hybridized carbons (Fsp3) is 0.357. The van der Waals surface area contributed by atoms with Crippen LogP contribution in [-0.2, 0) is 44.0 Å². The Morgan fingerprint density at radius 3 is 2.36 bits per heavy atom. The van der Waals surface area contributed by atoms with E-state index < -0.39 is 41.8 Å². The van der Waals surface area contributed by atoms with Crippen LogP contribution in [0.4, 0.5) is 53.2 Å². The van der Waals surface area contributed by atoms with E-state index in [-0.39, 0.29) is 46.0 Å². The van der Waals surface area contributed by atoms with Crippen molar-refractivity contribution < 1.29 is 37.5 Å². The standard InChI is InChI=1S/C56H57F3N12O6/c1-6-48(73)63-42-24-34(62-49-54(77)65(5)30-43(64-49)38-12-16-61-50(41(38)31-72)70-22-21-69-45(53(70)76)23-33-27-55(3,4)28-46(33)69)7-10-44(42)68-20-19-67(29-32(68)2)35-13-17-66(18-14-35)36-8-9-39-40(25-36)52(75)71(51(39)74)37-11-15-60-47(26-37)56(57,58)59/h6-12,15-16,23-26,30,32,35,72H,1,13-14,17-22,27-29,31H2,2-5H3,(H,62,64)(H,63,73). The highest BCUT2D eigenvalue weighted by Gasteiger charge is 2.41. The smallest absolute Gasteiger partial charge is 0.392 e. The van der Waals surface area contributed by atoms with E-state index in [1.807, 2.05) is 18.2 Å². The number of aryl methyl sites for hydroxylation is 1. The first-order chi connectivity index (χ1) is 36.8. The molecule has 5 aliphatic rings. The Balaban J connectivity index is 0.765. The van der Waals surface area contributed by atoms with Gasteiger partial charge in [-0.3, -0.25) is 38.8 Å². The van der Waals surface area contributed by atoms with Crippen LogP contribution in [-0.4, -0.2) is 109 Å². The molecule has 77 heavy (non-hydrogen) atoms. The van der Waals surface area contributed by atoms with Crippen molar-refractivity contribution in [3.8, 4) is 11.3 Å². The van der Waals surface area contributed by atoms with Gasteiger partial charge >= 0.3 is 6.18 Å². The minimum absolute atomic E-state index is 0.00302. The van der Waals surface area contributed by atoms with Gasteiger partial charge in [-0.25, -0.2) is 14.9 Å². The van der Waals surface area contributed by atoms with Gasteiger partial charge in [0.25, 0.3) is 23.3 Å². The van der Waals surface area contributed by atoms with Crippen molar-refractivity contribution in [1.29, 1.82) is 0 Å². The third-order valence-corrected chi connectivity index (χ3v) is 15.6. The molecule has 1 atom stereocenters. The molecule has 3 N–H and O–H groups in total. The van der Waals surface area contributed by atoms with E-state index >= 15 is 0 Å². The predicted molar refractivity (Wildman–Crippen MR) is 285 cm³/mol. The van der Waals surface area contributed by atoms with Gasteiger partial charge in [0.2, 0.25) is 5.91 Å². The molecule has 2 aromatic carbocycles. The zero-order valence-electron chi connectivity index (χ0n) is 43.0. The van der Waals surface area contributed by atoms with Gasteiger partial charge in [-0.05, 0) is 110 Å². The molecule has 398 valence electrons. The summed E-state index contributed by atoms with van der Waals surface area (Å²) in [5, 5.41) is 17.0. The number of carbonyl (C=O) groups excluding carboxylic acids is 4. The largest absolute Gasteiger partial charge is 0.433 e. The number of piperazine rings is 1. The third-order valence-electron chi connectivity index (χ3n) is 15.6. The van der Waals surface area contributed by atoms with Gasteiger partial charge in [0.1, 0.15) is 17.2 Å². The minimum atomic E-state index is -4.74. The Morgan fingerprint density at radius 1 is 0.857 bits per heavy atom. The summed E-state index contributed by atoms with van der Waals surface area (Å²) in [5.41, 5.74) is 5.37. The van der Waals surface area contributed by atoms with Crippen molar-refractivity contribution in [3.05, 3.63) is 142 Å². The topological polar surface area (TPSA) is 194 Å². The van der Waals surface area contributed by atoms with E-state index in [4.69, 9.17) is 4.98 Å². The molecule has 1 aliphatic carbocycles. The fourth-order valence-corrected chi connectivity index (χ4v) is 11.9. The maximum absolute atomic E-state index is 14.1. The molecule has 4 aromatic heterocycles. The second-order valence-corrected chi connectivity index (χ2v) is 21.2. The van der Waals surface area contributed by atoms with Crippen LogP contribution in [0.2, 0.25) is 0 Å². The number of hydrogen-bond donors (Lipinski definition) is 3. The number of imide groups is 1. The van der Waals surface area contributed by atoms with E-state index in [9.17, 15) is 42.3 Å². The molecule has 4 aliphatic heterocycles. The summed E-state index contributed by atoms with van der Waals surface area (Å²) in [5.74, 6) is -1.66. The van der Waals surface area contributed by atoms with Crippen LogP contribution in [0.5, 0.6) is 0 Å². The second-order valence-electron chi connectivity index (χ2n) is 21.2. The minimum Gasteiger partial charge on any atom is -0.392 e. The Kier molecular flexibility index (Phi) is 12.9. The second kappa shape index (κ2) is 19.4. The number of nitrogens with zero attached hydrogens (tertiary/aromatic N) is 10. The number of anilines is 7. The third kappa shape index (κ3) is 9.30. The quantitative estimate of drug-likeness (QED) is 0.0874. The summed E-state index contributed by atoms with van der Waals surface area (Å²) in [6.07, 6.45) is 3.98. The zero-order valence-corrected chi connectivity index (χ0v) is 43.0. The summed E-state index contributed by atoms with van der Waals surface area (Å²) in [4.78, 5) is 89.5. The van der Waals surface area contributed by atoms with E-state index in [0.29, 0.717) is 78.5 Å². The zero-order chi connectivity index (χ0) is 54.2. The normalized spacial score (nSPS) is 18.6. The first-order valence-corrected chi connectivity index (χ1v) is 25.7. The number of hydrogen-bond acceptors (Lipinski definition) is 13. The Bertz CT molecular complexity index is 3490. The maximum atomic E-state index is 14.1. The number of aliphatic hydroxyl groups excluding tert-OH is 1. The Labute approximate surface area is 441 Å². The lowest BCUT2D eigenvalue weighted by Crippen LogP contribution is -2.57. The van der Waals surface area contributed by atoms with E-state index in [2.05, 4.69) is 67.2 Å². The number of rotatable bonds is 11. The summed E-state index contributed by atoms with van der Waals surface area (Å²) in [6.45, 7) is 14.3. The van der Waals surface area contributed by atoms with Crippen molar-refractivity contribution in [3.63, 3.8) is 0 Å². The molecule has 6 aromatic rings. The van der Waals surface area contributed by atoms with Crippen LogP contribution in [0.25, 0.3) is 11.3 Å². The number of fused-ring (bicyclic) bond motifs is 4. The molecule has 0 bridgehead atoms. The van der Waals surface area contributed by atoms with Crippen LogP contribution in [0, 0.1) is 5.41 Å². The molecule has 0 spiro atoms. The SMILES string of the molecule is C=CC(=O)Nc1cc(Nc2nc(-c3ccnc(N4CCn5c(cc6c5CC(C)(C)C6)C4=O)c3CO)cn(C)c2=O)ccc1N1CCN(C2CCN(c3ccc4c(c3)C(=O)N(c3ccnc(C(F)(F)F)c3)C4=O)CC2)CC1C. The molecular weight excluding hydrogens is 994 g/mol. The summed E-state index contributed by atoms with van der Waals surface area (Å²) in [6, 6.07) is 16.3. The van der Waals surface area contributed by atoms with Gasteiger partial charge in [0, 0.05) is 112 Å². The molecule has 21 heteroatoms. The van der Waals surface area contributed by atoms with E-state index in [0.717, 1.165) is 61.2 Å². The molecule has 18 nitrogen and oxygen atoms in total. The molecule has 11 rings (SSSR count). The van der Waals surface area contributed by atoms with Gasteiger partial charge in [0.05, 0.1) is 40.5 Å². The van der Waals surface area contributed by atoms with Gasteiger partial charge < -0.3 is 34.7 Å². The monoisotopic (exact) mass is 1050 g/mol. The number of aliphatic hydroxyl groups is 1. The van der Waals surface area contributed by atoms with Crippen molar-refractivity contribution in [2.24, 2.45) is 12.5 Å². The van der Waals surface area contributed by atoms with Crippen LogP contribution < -0.4 is 35.8 Å². The molecular formula is C56H57F3N12O6. The van der Waals surface area contributed by atoms with Gasteiger partial charge in [-0.15, -0.1) is 0 Å². The molecule has 2 saturated heterocycles. The molecule has 8 heterocycles. The van der Waals surface area contributed by atoms with Gasteiger partial charge in [-0.1, -0.05) is 20.4 Å². The van der Waals surface area contributed by atoms with Crippen molar-refractivity contribution in [2.75, 3.05) is 69.5 Å². The highest BCUT2D eigenvalue weighted by atomic mass is 19.4. The first kappa shape index (κ1) is 51.0. The van der Waals surface area contributed by atoms with Gasteiger partial charge in [0.15, 0.2) is 5.82 Å². The average Bonchev–Trinajstić information content (AvgIpc) is 4.12. The van der Waals surface area contributed by atoms with Crippen molar-refractivity contribution >= 4 is 63.7 Å². The highest BCUT2D eigenvalue weighted by molar-refractivity contribution is 6.34. The lowest BCUT2D eigenvalue weighted by Gasteiger charge is -2.47. The van der Waals surface area contributed by atoms with Crippen LogP contribution in [0.3, 0.4) is 0 Å². The number of carbonyl (C=O) groups is 4. The number of alkyl halides is 3. The average molecular weight is 1050 g/mol. The van der Waals surface area contributed by atoms with E-state index in [1.165, 1.54) is 28.0 Å².